The molecule has 16 heavy (non-hydrogen) atoms. The van der Waals surface area contributed by atoms with Crippen molar-refractivity contribution in [3.05, 3.63) is 29.3 Å². The van der Waals surface area contributed by atoms with E-state index < -0.39 is 5.91 Å². The zero-order valence-corrected chi connectivity index (χ0v) is 9.36. The van der Waals surface area contributed by atoms with Crippen LogP contribution in [0.2, 0.25) is 0 Å². The maximum absolute atomic E-state index is 11.9. The lowest BCUT2D eigenvalue weighted by Gasteiger charge is -2.09. The van der Waals surface area contributed by atoms with Gasteiger partial charge in [0.15, 0.2) is 0 Å². The van der Waals surface area contributed by atoms with Gasteiger partial charge in [-0.2, -0.15) is 0 Å². The Morgan fingerprint density at radius 1 is 1.50 bits per heavy atom. The second-order valence-electron chi connectivity index (χ2n) is 4.00. The zero-order valence-electron chi connectivity index (χ0n) is 9.36. The first-order chi connectivity index (χ1) is 7.56. The van der Waals surface area contributed by atoms with Crippen molar-refractivity contribution >= 4 is 17.5 Å². The van der Waals surface area contributed by atoms with E-state index in [0.29, 0.717) is 5.56 Å². The fraction of sp³-hybridized carbons (Fsp3) is 0.333. The van der Waals surface area contributed by atoms with Crippen LogP contribution >= 0.6 is 0 Å². The van der Waals surface area contributed by atoms with E-state index in [4.69, 9.17) is 5.73 Å². The third-order valence-electron chi connectivity index (χ3n) is 3.09. The molecule has 1 aromatic rings. The van der Waals surface area contributed by atoms with Crippen molar-refractivity contribution in [3.63, 3.8) is 0 Å². The molecular weight excluding hydrogens is 204 g/mol. The predicted molar refractivity (Wildman–Crippen MR) is 61.4 cm³/mol. The first-order valence-corrected chi connectivity index (χ1v) is 5.27. The van der Waals surface area contributed by atoms with Gasteiger partial charge in [-0.15, -0.1) is 0 Å². The summed E-state index contributed by atoms with van der Waals surface area (Å²) in [5, 5.41) is 0. The number of amides is 2. The standard InChI is InChI=1S/C12H14N2O2/c1-3-8-9-6-7(11(13)15)4-5-10(9)14(2)12(8)16/h4-6,8H,3H2,1-2H3,(H2,13,15). The third kappa shape index (κ3) is 1.38. The first kappa shape index (κ1) is 10.7. The van der Waals surface area contributed by atoms with Gasteiger partial charge in [-0.1, -0.05) is 6.92 Å². The van der Waals surface area contributed by atoms with Crippen LogP contribution in [0, 0.1) is 0 Å². The number of hydrogen-bond acceptors (Lipinski definition) is 2. The quantitative estimate of drug-likeness (QED) is 0.812. The number of nitrogens with two attached hydrogens (primary N) is 1. The van der Waals surface area contributed by atoms with Gasteiger partial charge in [0.25, 0.3) is 0 Å². The average Bonchev–Trinajstić information content (AvgIpc) is 2.51. The SMILES string of the molecule is CCC1C(=O)N(C)c2ccc(C(N)=O)cc21. The molecule has 0 aliphatic carbocycles. The van der Waals surface area contributed by atoms with E-state index >= 15 is 0 Å². The highest BCUT2D eigenvalue weighted by Crippen LogP contribution is 2.38. The van der Waals surface area contributed by atoms with Crippen molar-refractivity contribution < 1.29 is 9.59 Å². The van der Waals surface area contributed by atoms with Gasteiger partial charge in [-0.05, 0) is 30.2 Å². The summed E-state index contributed by atoms with van der Waals surface area (Å²) >= 11 is 0. The fourth-order valence-electron chi connectivity index (χ4n) is 2.17. The summed E-state index contributed by atoms with van der Waals surface area (Å²) in [5.41, 5.74) is 7.47. The Morgan fingerprint density at radius 3 is 2.75 bits per heavy atom. The maximum atomic E-state index is 11.9. The Hall–Kier alpha value is -1.84. The second-order valence-corrected chi connectivity index (χ2v) is 4.00. The van der Waals surface area contributed by atoms with Crippen molar-refractivity contribution in [3.8, 4) is 0 Å². The number of likely N-dealkylation sites (N-methyl/N-ethyl adjacent to an activating group) is 1. The normalized spacial score (nSPS) is 18.8. The van der Waals surface area contributed by atoms with E-state index in [1.807, 2.05) is 6.92 Å². The number of benzene rings is 1. The topological polar surface area (TPSA) is 63.4 Å². The molecule has 1 aliphatic rings. The number of anilines is 1. The van der Waals surface area contributed by atoms with E-state index in [0.717, 1.165) is 17.7 Å². The molecule has 0 saturated heterocycles. The molecule has 0 bridgehead atoms. The van der Waals surface area contributed by atoms with Crippen LogP contribution in [0.15, 0.2) is 18.2 Å². The third-order valence-corrected chi connectivity index (χ3v) is 3.09. The summed E-state index contributed by atoms with van der Waals surface area (Å²) in [5.74, 6) is -0.516. The molecule has 0 saturated carbocycles. The average molecular weight is 218 g/mol. The van der Waals surface area contributed by atoms with Crippen molar-refractivity contribution in [2.24, 2.45) is 5.73 Å². The molecule has 4 heteroatoms. The molecule has 2 amide bonds. The molecule has 0 fully saturated rings. The van der Waals surface area contributed by atoms with Gasteiger partial charge in [0, 0.05) is 18.3 Å². The van der Waals surface area contributed by atoms with Crippen LogP contribution in [0.4, 0.5) is 5.69 Å². The first-order valence-electron chi connectivity index (χ1n) is 5.27. The van der Waals surface area contributed by atoms with E-state index in [9.17, 15) is 9.59 Å². The molecular formula is C12H14N2O2. The van der Waals surface area contributed by atoms with Crippen LogP contribution < -0.4 is 10.6 Å². The summed E-state index contributed by atoms with van der Waals surface area (Å²) in [6, 6.07) is 5.17. The van der Waals surface area contributed by atoms with Gasteiger partial charge >= 0.3 is 0 Å². The largest absolute Gasteiger partial charge is 0.366 e. The second kappa shape index (κ2) is 3.63. The van der Waals surface area contributed by atoms with Crippen LogP contribution in [-0.4, -0.2) is 18.9 Å². The Morgan fingerprint density at radius 2 is 2.19 bits per heavy atom. The lowest BCUT2D eigenvalue weighted by Crippen LogP contribution is -2.23. The van der Waals surface area contributed by atoms with E-state index in [2.05, 4.69) is 0 Å². The van der Waals surface area contributed by atoms with Crippen molar-refractivity contribution in [2.45, 2.75) is 19.3 Å². The monoisotopic (exact) mass is 218 g/mol. The van der Waals surface area contributed by atoms with Gasteiger partial charge < -0.3 is 10.6 Å². The number of carbonyl (C=O) groups excluding carboxylic acids is 2. The van der Waals surface area contributed by atoms with E-state index in [1.54, 1.807) is 30.1 Å². The summed E-state index contributed by atoms with van der Waals surface area (Å²) in [7, 11) is 1.75. The highest BCUT2D eigenvalue weighted by atomic mass is 16.2. The molecule has 0 spiro atoms. The fourth-order valence-corrected chi connectivity index (χ4v) is 2.17. The van der Waals surface area contributed by atoms with Crippen LogP contribution in [-0.2, 0) is 4.79 Å². The Labute approximate surface area is 94.0 Å². The molecule has 1 heterocycles. The number of carbonyl (C=O) groups is 2. The lowest BCUT2D eigenvalue weighted by molar-refractivity contribution is -0.119. The predicted octanol–water partition coefficient (Wildman–Crippen LogP) is 1.26. The highest BCUT2D eigenvalue weighted by molar-refractivity contribution is 6.05. The highest BCUT2D eigenvalue weighted by Gasteiger charge is 2.33. The summed E-state index contributed by atoms with van der Waals surface area (Å²) < 4.78 is 0. The molecule has 2 rings (SSSR count). The number of primary amides is 1. The Bertz CT molecular complexity index is 468. The minimum Gasteiger partial charge on any atom is -0.366 e. The molecule has 0 radical (unpaired) electrons. The molecule has 1 atom stereocenters. The van der Waals surface area contributed by atoms with Crippen molar-refractivity contribution in [1.82, 2.24) is 0 Å². The summed E-state index contributed by atoms with van der Waals surface area (Å²) in [4.78, 5) is 24.6. The number of hydrogen-bond donors (Lipinski definition) is 1. The smallest absolute Gasteiger partial charge is 0.248 e. The summed E-state index contributed by atoms with van der Waals surface area (Å²) in [6.45, 7) is 1.96. The van der Waals surface area contributed by atoms with E-state index in [-0.39, 0.29) is 11.8 Å². The Balaban J connectivity index is 2.55. The number of fused-ring (bicyclic) bond motifs is 1. The molecule has 4 nitrogen and oxygen atoms in total. The molecule has 2 N–H and O–H groups in total. The lowest BCUT2D eigenvalue weighted by atomic mass is 9.96. The number of nitrogens with zero attached hydrogens (tertiary/aromatic N) is 1. The molecule has 84 valence electrons. The Kier molecular flexibility index (Phi) is 2.42. The van der Waals surface area contributed by atoms with Gasteiger partial charge in [0.2, 0.25) is 11.8 Å². The van der Waals surface area contributed by atoms with Gasteiger partial charge in [0.1, 0.15) is 0 Å². The molecule has 1 aromatic carbocycles. The minimum absolute atomic E-state index is 0.0825. The van der Waals surface area contributed by atoms with Gasteiger partial charge in [0.05, 0.1) is 5.92 Å². The maximum Gasteiger partial charge on any atom is 0.248 e. The molecule has 1 aliphatic heterocycles. The summed E-state index contributed by atoms with van der Waals surface area (Å²) in [6.07, 6.45) is 0.735. The molecule has 0 aromatic heterocycles. The number of rotatable bonds is 2. The van der Waals surface area contributed by atoms with E-state index in [1.165, 1.54) is 0 Å². The zero-order chi connectivity index (χ0) is 11.9. The van der Waals surface area contributed by atoms with Gasteiger partial charge in [-0.25, -0.2) is 0 Å². The van der Waals surface area contributed by atoms with Crippen LogP contribution in [0.25, 0.3) is 0 Å². The molecule has 1 unspecified atom stereocenters. The minimum atomic E-state index is -0.459. The van der Waals surface area contributed by atoms with Gasteiger partial charge in [-0.3, -0.25) is 9.59 Å². The van der Waals surface area contributed by atoms with Crippen molar-refractivity contribution in [2.75, 3.05) is 11.9 Å². The van der Waals surface area contributed by atoms with Crippen molar-refractivity contribution in [1.29, 1.82) is 0 Å². The van der Waals surface area contributed by atoms with Crippen LogP contribution in [0.1, 0.15) is 35.2 Å². The van der Waals surface area contributed by atoms with Crippen LogP contribution in [0.5, 0.6) is 0 Å². The van der Waals surface area contributed by atoms with Crippen LogP contribution in [0.3, 0.4) is 0 Å².